The Kier molecular flexibility index (Phi) is 2.70. The summed E-state index contributed by atoms with van der Waals surface area (Å²) in [6.07, 6.45) is 0. The minimum Gasteiger partial charge on any atom is -0.376 e. The van der Waals surface area contributed by atoms with Crippen LogP contribution in [0, 0.1) is 0 Å². The molecule has 1 atom stereocenters. The molecule has 4 nitrogen and oxygen atoms in total. The number of halogens is 1. The second kappa shape index (κ2) is 3.27. The lowest BCUT2D eigenvalue weighted by atomic mass is 10.1. The van der Waals surface area contributed by atoms with E-state index in [0.29, 0.717) is 13.2 Å². The van der Waals surface area contributed by atoms with Gasteiger partial charge in [-0.05, 0) is 6.92 Å². The summed E-state index contributed by atoms with van der Waals surface area (Å²) in [5.41, 5.74) is -1.02. The molecule has 0 saturated carbocycles. The van der Waals surface area contributed by atoms with Gasteiger partial charge in [0.15, 0.2) is 0 Å². The molecule has 1 aliphatic heterocycles. The molecule has 0 bridgehead atoms. The van der Waals surface area contributed by atoms with Crippen molar-refractivity contribution >= 4 is 10.2 Å². The monoisotopic (exact) mass is 198 g/mol. The van der Waals surface area contributed by atoms with Crippen molar-refractivity contribution in [1.82, 2.24) is 0 Å². The largest absolute Gasteiger partial charge is 0.376 e. The van der Waals surface area contributed by atoms with E-state index < -0.39 is 21.6 Å². The fraction of sp³-hybridized carbons (Fsp3) is 1.00. The van der Waals surface area contributed by atoms with E-state index in [2.05, 4.69) is 0 Å². The van der Waals surface area contributed by atoms with Crippen molar-refractivity contribution in [3.05, 3.63) is 0 Å². The fourth-order valence-electron chi connectivity index (χ4n) is 1.12. The van der Waals surface area contributed by atoms with Crippen LogP contribution in [0.5, 0.6) is 0 Å². The highest BCUT2D eigenvalue weighted by Gasteiger charge is 2.34. The Morgan fingerprint density at radius 3 is 2.58 bits per heavy atom. The van der Waals surface area contributed by atoms with Gasteiger partial charge in [0.2, 0.25) is 0 Å². The van der Waals surface area contributed by atoms with Gasteiger partial charge >= 0.3 is 10.2 Å². The molecule has 0 radical (unpaired) electrons. The third kappa shape index (κ3) is 3.04. The van der Waals surface area contributed by atoms with E-state index in [4.69, 9.17) is 9.47 Å². The van der Waals surface area contributed by atoms with Crippen LogP contribution >= 0.6 is 0 Å². The Hall–Kier alpha value is -0.200. The summed E-state index contributed by atoms with van der Waals surface area (Å²) in [4.78, 5) is 0. The van der Waals surface area contributed by atoms with Gasteiger partial charge in [-0.15, -0.1) is 3.89 Å². The molecular formula is C6H11FO4S. The molecule has 0 aliphatic carbocycles. The van der Waals surface area contributed by atoms with Crippen molar-refractivity contribution in [1.29, 1.82) is 0 Å². The minimum atomic E-state index is -4.49. The third-order valence-electron chi connectivity index (χ3n) is 1.56. The Labute approximate surface area is 70.9 Å². The molecule has 0 aromatic rings. The fourth-order valence-corrected chi connectivity index (χ4v) is 2.02. The molecule has 0 amide bonds. The van der Waals surface area contributed by atoms with Crippen LogP contribution in [0.3, 0.4) is 0 Å². The Bertz CT molecular complexity index is 242. The number of hydrogen-bond acceptors (Lipinski definition) is 4. The van der Waals surface area contributed by atoms with E-state index in [0.717, 1.165) is 0 Å². The van der Waals surface area contributed by atoms with Gasteiger partial charge in [0.25, 0.3) is 0 Å². The molecule has 12 heavy (non-hydrogen) atoms. The zero-order valence-electron chi connectivity index (χ0n) is 6.75. The second-order valence-electron chi connectivity index (χ2n) is 3.03. The molecule has 72 valence electrons. The van der Waals surface area contributed by atoms with Crippen molar-refractivity contribution in [2.75, 3.05) is 25.6 Å². The Morgan fingerprint density at radius 2 is 2.17 bits per heavy atom. The number of hydrogen-bond donors (Lipinski definition) is 0. The van der Waals surface area contributed by atoms with Gasteiger partial charge in [-0.1, -0.05) is 0 Å². The van der Waals surface area contributed by atoms with Gasteiger partial charge in [-0.2, -0.15) is 8.42 Å². The van der Waals surface area contributed by atoms with E-state index in [9.17, 15) is 12.3 Å². The first-order valence-electron chi connectivity index (χ1n) is 3.55. The minimum absolute atomic E-state index is 0.121. The molecule has 6 heteroatoms. The highest BCUT2D eigenvalue weighted by molar-refractivity contribution is 7.86. The standard InChI is InChI=1S/C6H11FO4S/c1-6(5-12(7,8)9)4-10-2-3-11-6/h2-5H2,1H3. The molecule has 1 aliphatic rings. The summed E-state index contributed by atoms with van der Waals surface area (Å²) in [5.74, 6) is -0.639. The maximum atomic E-state index is 12.3. The number of ether oxygens (including phenoxy) is 2. The van der Waals surface area contributed by atoms with Gasteiger partial charge in [-0.3, -0.25) is 0 Å². The first-order valence-corrected chi connectivity index (χ1v) is 5.11. The van der Waals surface area contributed by atoms with Crippen LogP contribution in [0.25, 0.3) is 0 Å². The molecule has 0 N–H and O–H groups in total. The molecular weight excluding hydrogens is 187 g/mol. The molecule has 1 rings (SSSR count). The van der Waals surface area contributed by atoms with E-state index in [1.807, 2.05) is 0 Å². The first kappa shape index (κ1) is 9.88. The van der Waals surface area contributed by atoms with E-state index in [1.165, 1.54) is 6.92 Å². The molecule has 1 unspecified atom stereocenters. The number of rotatable bonds is 2. The van der Waals surface area contributed by atoms with E-state index in [-0.39, 0.29) is 6.61 Å². The Morgan fingerprint density at radius 1 is 1.50 bits per heavy atom. The van der Waals surface area contributed by atoms with E-state index >= 15 is 0 Å². The molecule has 0 aromatic heterocycles. The van der Waals surface area contributed by atoms with Crippen LogP contribution in [0.1, 0.15) is 6.92 Å². The van der Waals surface area contributed by atoms with Gasteiger partial charge in [-0.25, -0.2) is 0 Å². The quantitative estimate of drug-likeness (QED) is 0.590. The summed E-state index contributed by atoms with van der Waals surface area (Å²) in [7, 11) is -4.49. The van der Waals surface area contributed by atoms with Crippen LogP contribution in [0.2, 0.25) is 0 Å². The molecule has 1 heterocycles. The van der Waals surface area contributed by atoms with Crippen molar-refractivity contribution in [2.24, 2.45) is 0 Å². The maximum absolute atomic E-state index is 12.3. The summed E-state index contributed by atoms with van der Waals surface area (Å²) >= 11 is 0. The highest BCUT2D eigenvalue weighted by Crippen LogP contribution is 2.18. The average molecular weight is 198 g/mol. The third-order valence-corrected chi connectivity index (χ3v) is 2.52. The lowest BCUT2D eigenvalue weighted by molar-refractivity contribution is -0.135. The normalized spacial score (nSPS) is 31.8. The van der Waals surface area contributed by atoms with Gasteiger partial charge < -0.3 is 9.47 Å². The Balaban J connectivity index is 2.59. The zero-order valence-corrected chi connectivity index (χ0v) is 7.56. The van der Waals surface area contributed by atoms with Crippen molar-refractivity contribution in [2.45, 2.75) is 12.5 Å². The highest BCUT2D eigenvalue weighted by atomic mass is 32.3. The van der Waals surface area contributed by atoms with Crippen LogP contribution in [-0.2, 0) is 19.7 Å². The van der Waals surface area contributed by atoms with Crippen molar-refractivity contribution in [3.63, 3.8) is 0 Å². The SMILES string of the molecule is CC1(CS(=O)(=O)F)COCCO1. The first-order chi connectivity index (χ1) is 5.41. The summed E-state index contributed by atoms with van der Waals surface area (Å²) in [6, 6.07) is 0. The molecule has 0 aromatic carbocycles. The second-order valence-corrected chi connectivity index (χ2v) is 4.40. The van der Waals surface area contributed by atoms with Gasteiger partial charge in [0.1, 0.15) is 11.4 Å². The molecule has 1 saturated heterocycles. The lowest BCUT2D eigenvalue weighted by Gasteiger charge is -2.31. The zero-order chi connectivity index (χ0) is 9.24. The van der Waals surface area contributed by atoms with E-state index in [1.54, 1.807) is 0 Å². The van der Waals surface area contributed by atoms with Crippen molar-refractivity contribution in [3.8, 4) is 0 Å². The van der Waals surface area contributed by atoms with Crippen LogP contribution in [0.4, 0.5) is 3.89 Å². The van der Waals surface area contributed by atoms with Crippen LogP contribution < -0.4 is 0 Å². The smallest absolute Gasteiger partial charge is 0.305 e. The summed E-state index contributed by atoms with van der Waals surface area (Å²) in [5, 5.41) is 0. The topological polar surface area (TPSA) is 52.6 Å². The summed E-state index contributed by atoms with van der Waals surface area (Å²) < 4.78 is 42.9. The average Bonchev–Trinajstić information content (AvgIpc) is 1.83. The predicted molar refractivity (Wildman–Crippen MR) is 40.1 cm³/mol. The maximum Gasteiger partial charge on any atom is 0.305 e. The van der Waals surface area contributed by atoms with Gasteiger partial charge in [0.05, 0.1) is 19.8 Å². The van der Waals surface area contributed by atoms with Crippen LogP contribution in [0.15, 0.2) is 0 Å². The molecule has 0 spiro atoms. The predicted octanol–water partition coefficient (Wildman–Crippen LogP) is 0.0912. The van der Waals surface area contributed by atoms with Crippen LogP contribution in [-0.4, -0.2) is 39.6 Å². The van der Waals surface area contributed by atoms with Crippen molar-refractivity contribution < 1.29 is 21.8 Å². The molecule has 1 fully saturated rings. The lowest BCUT2D eigenvalue weighted by Crippen LogP contribution is -2.45. The van der Waals surface area contributed by atoms with Gasteiger partial charge in [0, 0.05) is 0 Å². The summed E-state index contributed by atoms with van der Waals surface area (Å²) in [6.45, 7) is 2.38.